The van der Waals surface area contributed by atoms with Crippen LogP contribution in [0, 0.1) is 23.7 Å². The highest BCUT2D eigenvalue weighted by Crippen LogP contribution is 2.41. The van der Waals surface area contributed by atoms with Crippen molar-refractivity contribution in [3.63, 3.8) is 0 Å². The molecule has 1 saturated heterocycles. The smallest absolute Gasteiger partial charge is 0.307 e. The number of hydrogen-bond donors (Lipinski definition) is 1. The molecule has 0 aromatic carbocycles. The van der Waals surface area contributed by atoms with Gasteiger partial charge in [-0.1, -0.05) is 25.5 Å². The number of hydrogen-bond acceptors (Lipinski definition) is 3. The minimum absolute atomic E-state index is 0.0852. The maximum atomic E-state index is 11.8. The molecule has 3 atom stereocenters. The Morgan fingerprint density at radius 2 is 2.05 bits per heavy atom. The number of carboxylic acids is 1. The number of carbonyl (C=O) groups is 1. The third-order valence-electron chi connectivity index (χ3n) is 4.72. The summed E-state index contributed by atoms with van der Waals surface area (Å²) in [6.07, 6.45) is 4.59. The number of allylic oxidation sites excluding steroid dienone is 2. The Hall–Kier alpha value is -0.870. The molecule has 114 valence electrons. The lowest BCUT2D eigenvalue weighted by molar-refractivity contribution is -0.148. The Bertz CT molecular complexity index is 369. The SMILES string of the molecule is CC1=CCC[C@H]1[C@@H](C(=O)O)[C@@H](CC1OCCO1)C(C)C. The zero-order chi connectivity index (χ0) is 14.7. The Morgan fingerprint density at radius 3 is 2.50 bits per heavy atom. The minimum Gasteiger partial charge on any atom is -0.481 e. The van der Waals surface area contributed by atoms with Crippen LogP contribution in [-0.2, 0) is 14.3 Å². The second-order valence-corrected chi connectivity index (χ2v) is 6.31. The summed E-state index contributed by atoms with van der Waals surface area (Å²) in [6, 6.07) is 0. The molecule has 4 nitrogen and oxygen atoms in total. The first-order valence-electron chi connectivity index (χ1n) is 7.63. The van der Waals surface area contributed by atoms with E-state index >= 15 is 0 Å². The molecule has 1 fully saturated rings. The summed E-state index contributed by atoms with van der Waals surface area (Å²) >= 11 is 0. The van der Waals surface area contributed by atoms with Crippen molar-refractivity contribution in [2.24, 2.45) is 23.7 Å². The topological polar surface area (TPSA) is 55.8 Å². The van der Waals surface area contributed by atoms with E-state index in [0.29, 0.717) is 25.6 Å². The van der Waals surface area contributed by atoms with Crippen LogP contribution in [0.15, 0.2) is 11.6 Å². The summed E-state index contributed by atoms with van der Waals surface area (Å²) in [6.45, 7) is 7.51. The Kier molecular flexibility index (Phi) is 5.22. The molecule has 0 bridgehead atoms. The van der Waals surface area contributed by atoms with Crippen molar-refractivity contribution in [3.05, 3.63) is 11.6 Å². The Balaban J connectivity index is 2.14. The van der Waals surface area contributed by atoms with Crippen LogP contribution in [0.4, 0.5) is 0 Å². The molecule has 2 rings (SSSR count). The zero-order valence-electron chi connectivity index (χ0n) is 12.7. The average Bonchev–Trinajstić information content (AvgIpc) is 3.00. The van der Waals surface area contributed by atoms with E-state index in [2.05, 4.69) is 26.8 Å². The van der Waals surface area contributed by atoms with E-state index in [1.165, 1.54) is 5.57 Å². The van der Waals surface area contributed by atoms with Crippen molar-refractivity contribution in [1.29, 1.82) is 0 Å². The van der Waals surface area contributed by atoms with E-state index in [1.54, 1.807) is 0 Å². The molecule has 0 spiro atoms. The third-order valence-corrected chi connectivity index (χ3v) is 4.72. The molecule has 4 heteroatoms. The quantitative estimate of drug-likeness (QED) is 0.761. The molecule has 0 radical (unpaired) electrons. The van der Waals surface area contributed by atoms with Gasteiger partial charge in [-0.3, -0.25) is 4.79 Å². The first-order valence-corrected chi connectivity index (χ1v) is 7.63. The van der Waals surface area contributed by atoms with E-state index in [0.717, 1.165) is 12.8 Å². The predicted molar refractivity (Wildman–Crippen MR) is 76.2 cm³/mol. The van der Waals surface area contributed by atoms with Gasteiger partial charge in [-0.2, -0.15) is 0 Å². The van der Waals surface area contributed by atoms with Gasteiger partial charge in [-0.15, -0.1) is 0 Å². The standard InChI is InChI=1S/C16H26O4/c1-10(2)13(9-14-19-7-8-20-14)15(16(17)18)12-6-4-5-11(12)3/h5,10,12-15H,4,6-9H2,1-3H3,(H,17,18)/t12-,13+,15-/m1/s1. The summed E-state index contributed by atoms with van der Waals surface area (Å²) in [4.78, 5) is 11.8. The Labute approximate surface area is 121 Å². The van der Waals surface area contributed by atoms with Gasteiger partial charge in [-0.05, 0) is 37.5 Å². The molecule has 1 aliphatic heterocycles. The molecule has 0 amide bonds. The minimum atomic E-state index is -0.679. The fourth-order valence-corrected chi connectivity index (χ4v) is 3.59. The summed E-state index contributed by atoms with van der Waals surface area (Å²) < 4.78 is 11.0. The van der Waals surface area contributed by atoms with Gasteiger partial charge in [0.15, 0.2) is 6.29 Å². The lowest BCUT2D eigenvalue weighted by Crippen LogP contribution is -2.36. The Morgan fingerprint density at radius 1 is 1.40 bits per heavy atom. The normalized spacial score (nSPS) is 26.8. The molecule has 20 heavy (non-hydrogen) atoms. The van der Waals surface area contributed by atoms with Gasteiger partial charge < -0.3 is 14.6 Å². The highest BCUT2D eigenvalue weighted by Gasteiger charge is 2.40. The summed E-state index contributed by atoms with van der Waals surface area (Å²) in [7, 11) is 0. The molecule has 0 aromatic rings. The van der Waals surface area contributed by atoms with Gasteiger partial charge in [0.05, 0.1) is 19.1 Å². The fourth-order valence-electron chi connectivity index (χ4n) is 3.59. The molecular formula is C16H26O4. The maximum absolute atomic E-state index is 11.8. The second kappa shape index (κ2) is 6.72. The number of ether oxygens (including phenoxy) is 2. The van der Waals surface area contributed by atoms with Crippen LogP contribution >= 0.6 is 0 Å². The van der Waals surface area contributed by atoms with Crippen LogP contribution in [0.5, 0.6) is 0 Å². The van der Waals surface area contributed by atoms with Crippen LogP contribution < -0.4 is 0 Å². The first kappa shape index (κ1) is 15.5. The lowest BCUT2D eigenvalue weighted by Gasteiger charge is -2.33. The zero-order valence-corrected chi connectivity index (χ0v) is 12.7. The van der Waals surface area contributed by atoms with Gasteiger partial charge >= 0.3 is 5.97 Å². The molecule has 0 aromatic heterocycles. The summed E-state index contributed by atoms with van der Waals surface area (Å²) in [5.74, 6) is -0.455. The maximum Gasteiger partial charge on any atom is 0.307 e. The first-order chi connectivity index (χ1) is 9.50. The van der Waals surface area contributed by atoms with E-state index < -0.39 is 5.97 Å². The van der Waals surface area contributed by atoms with Crippen LogP contribution in [0.25, 0.3) is 0 Å². The summed E-state index contributed by atoms with van der Waals surface area (Å²) in [5, 5.41) is 9.74. The highest BCUT2D eigenvalue weighted by molar-refractivity contribution is 5.71. The number of rotatable bonds is 6. The van der Waals surface area contributed by atoms with Crippen LogP contribution in [0.2, 0.25) is 0 Å². The van der Waals surface area contributed by atoms with Crippen molar-refractivity contribution in [1.82, 2.24) is 0 Å². The van der Waals surface area contributed by atoms with Crippen molar-refractivity contribution < 1.29 is 19.4 Å². The highest BCUT2D eigenvalue weighted by atomic mass is 16.7. The van der Waals surface area contributed by atoms with E-state index in [9.17, 15) is 9.90 Å². The van der Waals surface area contributed by atoms with Crippen LogP contribution in [0.3, 0.4) is 0 Å². The van der Waals surface area contributed by atoms with E-state index in [1.807, 2.05) is 0 Å². The van der Waals surface area contributed by atoms with Gasteiger partial charge in [0, 0.05) is 6.42 Å². The monoisotopic (exact) mass is 282 g/mol. The molecule has 2 aliphatic rings. The van der Waals surface area contributed by atoms with Gasteiger partial charge in [0.25, 0.3) is 0 Å². The van der Waals surface area contributed by atoms with Gasteiger partial charge in [0.2, 0.25) is 0 Å². The predicted octanol–water partition coefficient (Wildman–Crippen LogP) is 3.08. The van der Waals surface area contributed by atoms with E-state index in [4.69, 9.17) is 9.47 Å². The number of carboxylic acid groups (broad SMARTS) is 1. The molecule has 0 saturated carbocycles. The van der Waals surface area contributed by atoms with Crippen molar-refractivity contribution in [2.45, 2.75) is 46.3 Å². The van der Waals surface area contributed by atoms with Gasteiger partial charge in [-0.25, -0.2) is 0 Å². The van der Waals surface area contributed by atoms with Crippen LogP contribution in [-0.4, -0.2) is 30.6 Å². The van der Waals surface area contributed by atoms with Crippen molar-refractivity contribution in [3.8, 4) is 0 Å². The average molecular weight is 282 g/mol. The largest absolute Gasteiger partial charge is 0.481 e. The lowest BCUT2D eigenvalue weighted by atomic mass is 9.72. The van der Waals surface area contributed by atoms with Crippen molar-refractivity contribution in [2.75, 3.05) is 13.2 Å². The molecule has 1 heterocycles. The summed E-state index contributed by atoms with van der Waals surface area (Å²) in [5.41, 5.74) is 1.23. The van der Waals surface area contributed by atoms with Crippen LogP contribution in [0.1, 0.15) is 40.0 Å². The molecular weight excluding hydrogens is 256 g/mol. The molecule has 1 aliphatic carbocycles. The second-order valence-electron chi connectivity index (χ2n) is 6.31. The number of aliphatic carboxylic acids is 1. The van der Waals surface area contributed by atoms with Crippen molar-refractivity contribution >= 4 is 5.97 Å². The van der Waals surface area contributed by atoms with Gasteiger partial charge in [0.1, 0.15) is 0 Å². The third kappa shape index (κ3) is 3.41. The molecule has 0 unspecified atom stereocenters. The molecule has 1 N–H and O–H groups in total. The van der Waals surface area contributed by atoms with E-state index in [-0.39, 0.29) is 24.0 Å². The fraction of sp³-hybridized carbons (Fsp3) is 0.812.